The van der Waals surface area contributed by atoms with E-state index in [1.807, 2.05) is 54.7 Å². The molecule has 0 aliphatic carbocycles. The van der Waals surface area contributed by atoms with Crippen molar-refractivity contribution < 1.29 is 14.4 Å². The number of benzene rings is 2. The van der Waals surface area contributed by atoms with Crippen LogP contribution in [0.3, 0.4) is 0 Å². The van der Waals surface area contributed by atoms with Gasteiger partial charge in [-0.05, 0) is 60.9 Å². The molecule has 0 atom stereocenters. The molecular formula is C21H24N2O3S. The maximum atomic E-state index is 11.4. The molecule has 0 unspecified atom stereocenters. The van der Waals surface area contributed by atoms with E-state index in [-0.39, 0.29) is 5.91 Å². The Morgan fingerprint density at radius 1 is 1.15 bits per heavy atom. The topological polar surface area (TPSA) is 50.8 Å². The van der Waals surface area contributed by atoms with Crippen LogP contribution in [-0.2, 0) is 9.53 Å². The van der Waals surface area contributed by atoms with Crippen LogP contribution in [0.4, 0.5) is 5.69 Å². The SMILES string of the molecule is CC(=O)N(C)c1ccc(Sc2cccc(ONC=C3CCOCC3)c2)cc1. The maximum Gasteiger partial charge on any atom is 0.223 e. The zero-order valence-corrected chi connectivity index (χ0v) is 16.4. The Kier molecular flexibility index (Phi) is 6.79. The molecule has 1 N–H and O–H groups in total. The Balaban J connectivity index is 1.57. The van der Waals surface area contributed by atoms with Gasteiger partial charge in [-0.1, -0.05) is 17.8 Å². The lowest BCUT2D eigenvalue weighted by Gasteiger charge is -2.15. The molecule has 2 aromatic rings. The van der Waals surface area contributed by atoms with Crippen LogP contribution in [0.1, 0.15) is 19.8 Å². The summed E-state index contributed by atoms with van der Waals surface area (Å²) < 4.78 is 5.34. The van der Waals surface area contributed by atoms with Crippen LogP contribution in [0.15, 0.2) is 70.1 Å². The Labute approximate surface area is 164 Å². The highest BCUT2D eigenvalue weighted by molar-refractivity contribution is 7.99. The fourth-order valence-corrected chi connectivity index (χ4v) is 3.48. The summed E-state index contributed by atoms with van der Waals surface area (Å²) in [5.41, 5.74) is 5.12. The smallest absolute Gasteiger partial charge is 0.223 e. The second-order valence-corrected chi connectivity index (χ2v) is 7.43. The summed E-state index contributed by atoms with van der Waals surface area (Å²) in [5.74, 6) is 0.778. The van der Waals surface area contributed by atoms with Crippen molar-refractivity contribution in [3.05, 3.63) is 60.3 Å². The average molecular weight is 385 g/mol. The van der Waals surface area contributed by atoms with Crippen LogP contribution in [0.2, 0.25) is 0 Å². The maximum absolute atomic E-state index is 11.4. The predicted octanol–water partition coefficient (Wildman–Crippen LogP) is 4.40. The van der Waals surface area contributed by atoms with Crippen LogP contribution in [0.25, 0.3) is 0 Å². The van der Waals surface area contributed by atoms with E-state index in [1.165, 1.54) is 5.57 Å². The summed E-state index contributed by atoms with van der Waals surface area (Å²) in [6, 6.07) is 15.9. The molecule has 0 radical (unpaired) electrons. The monoisotopic (exact) mass is 384 g/mol. The van der Waals surface area contributed by atoms with Gasteiger partial charge in [-0.15, -0.1) is 0 Å². The van der Waals surface area contributed by atoms with Crippen LogP contribution < -0.4 is 15.2 Å². The molecular weight excluding hydrogens is 360 g/mol. The van der Waals surface area contributed by atoms with E-state index >= 15 is 0 Å². The zero-order chi connectivity index (χ0) is 19.1. The number of anilines is 1. The van der Waals surface area contributed by atoms with E-state index in [4.69, 9.17) is 9.57 Å². The normalized spacial score (nSPS) is 13.8. The number of ether oxygens (including phenoxy) is 1. The molecule has 27 heavy (non-hydrogen) atoms. The molecule has 0 aromatic heterocycles. The summed E-state index contributed by atoms with van der Waals surface area (Å²) in [7, 11) is 1.77. The van der Waals surface area contributed by atoms with Crippen LogP contribution in [0.5, 0.6) is 5.75 Å². The number of hydrogen-bond donors (Lipinski definition) is 1. The fourth-order valence-electron chi connectivity index (χ4n) is 2.62. The molecule has 1 aliphatic rings. The third-order valence-electron chi connectivity index (χ3n) is 4.31. The molecule has 1 heterocycles. The minimum atomic E-state index is 0.0171. The second-order valence-electron chi connectivity index (χ2n) is 6.28. The molecule has 1 amide bonds. The van der Waals surface area contributed by atoms with E-state index in [1.54, 1.807) is 30.6 Å². The second kappa shape index (κ2) is 9.48. The van der Waals surface area contributed by atoms with E-state index in [9.17, 15) is 4.79 Å². The Morgan fingerprint density at radius 3 is 2.59 bits per heavy atom. The number of carbonyl (C=O) groups is 1. The van der Waals surface area contributed by atoms with Crippen molar-refractivity contribution in [1.29, 1.82) is 0 Å². The highest BCUT2D eigenvalue weighted by Crippen LogP contribution is 2.31. The molecule has 142 valence electrons. The van der Waals surface area contributed by atoms with Crippen LogP contribution in [-0.4, -0.2) is 26.2 Å². The number of hydroxylamine groups is 1. The molecule has 1 aliphatic heterocycles. The van der Waals surface area contributed by atoms with Gasteiger partial charge in [-0.25, -0.2) is 5.48 Å². The van der Waals surface area contributed by atoms with Crippen molar-refractivity contribution in [2.45, 2.75) is 29.6 Å². The molecule has 2 aromatic carbocycles. The molecule has 1 saturated heterocycles. The van der Waals surface area contributed by atoms with Gasteiger partial charge in [0.15, 0.2) is 5.75 Å². The number of nitrogens with zero attached hydrogens (tertiary/aromatic N) is 1. The highest BCUT2D eigenvalue weighted by Gasteiger charge is 2.07. The molecule has 6 heteroatoms. The first kappa shape index (κ1) is 19.3. The number of nitrogens with one attached hydrogen (secondary N) is 1. The van der Waals surface area contributed by atoms with E-state index in [0.29, 0.717) is 0 Å². The predicted molar refractivity (Wildman–Crippen MR) is 108 cm³/mol. The molecule has 0 bridgehead atoms. The number of rotatable bonds is 6. The van der Waals surface area contributed by atoms with Gasteiger partial charge < -0.3 is 14.5 Å². The molecule has 3 rings (SSSR count). The van der Waals surface area contributed by atoms with Crippen molar-refractivity contribution in [3.63, 3.8) is 0 Å². The molecule has 5 nitrogen and oxygen atoms in total. The third kappa shape index (κ3) is 5.77. The fraction of sp³-hybridized carbons (Fsp3) is 0.286. The van der Waals surface area contributed by atoms with Gasteiger partial charge in [0.2, 0.25) is 5.91 Å². The summed E-state index contributed by atoms with van der Waals surface area (Å²) in [5, 5.41) is 0. The average Bonchev–Trinajstić information content (AvgIpc) is 2.69. The van der Waals surface area contributed by atoms with Gasteiger partial charge in [-0.2, -0.15) is 0 Å². The lowest BCUT2D eigenvalue weighted by Crippen LogP contribution is -2.22. The summed E-state index contributed by atoms with van der Waals surface area (Å²) in [6.45, 7) is 3.11. The Hall–Kier alpha value is -2.44. The lowest BCUT2D eigenvalue weighted by molar-refractivity contribution is -0.116. The largest absolute Gasteiger partial charge is 0.383 e. The molecule has 0 saturated carbocycles. The summed E-state index contributed by atoms with van der Waals surface area (Å²) >= 11 is 1.65. The molecule has 1 fully saturated rings. The van der Waals surface area contributed by atoms with E-state index in [0.717, 1.165) is 47.3 Å². The van der Waals surface area contributed by atoms with Gasteiger partial charge in [0, 0.05) is 35.6 Å². The minimum Gasteiger partial charge on any atom is -0.383 e. The van der Waals surface area contributed by atoms with Gasteiger partial charge in [0.1, 0.15) is 0 Å². The van der Waals surface area contributed by atoms with Crippen molar-refractivity contribution in [2.75, 3.05) is 25.2 Å². The first-order chi connectivity index (χ1) is 13.1. The van der Waals surface area contributed by atoms with Crippen molar-refractivity contribution in [1.82, 2.24) is 5.48 Å². The molecule has 0 spiro atoms. The van der Waals surface area contributed by atoms with Crippen LogP contribution >= 0.6 is 11.8 Å². The summed E-state index contributed by atoms with van der Waals surface area (Å²) in [6.07, 6.45) is 3.81. The van der Waals surface area contributed by atoms with Crippen molar-refractivity contribution in [2.24, 2.45) is 0 Å². The first-order valence-corrected chi connectivity index (χ1v) is 9.74. The van der Waals surface area contributed by atoms with Crippen molar-refractivity contribution in [3.8, 4) is 5.75 Å². The summed E-state index contributed by atoms with van der Waals surface area (Å²) in [4.78, 5) is 20.9. The third-order valence-corrected chi connectivity index (χ3v) is 5.31. The van der Waals surface area contributed by atoms with E-state index < -0.39 is 0 Å². The zero-order valence-electron chi connectivity index (χ0n) is 15.6. The van der Waals surface area contributed by atoms with Gasteiger partial charge >= 0.3 is 0 Å². The number of amides is 1. The highest BCUT2D eigenvalue weighted by atomic mass is 32.2. The van der Waals surface area contributed by atoms with Gasteiger partial charge in [-0.3, -0.25) is 4.79 Å². The van der Waals surface area contributed by atoms with Crippen molar-refractivity contribution >= 4 is 23.4 Å². The lowest BCUT2D eigenvalue weighted by atomic mass is 10.1. The Morgan fingerprint density at radius 2 is 1.89 bits per heavy atom. The Bertz CT molecular complexity index is 797. The first-order valence-electron chi connectivity index (χ1n) is 8.92. The number of hydrogen-bond acceptors (Lipinski definition) is 5. The standard InChI is InChI=1S/C21H24N2O3S/c1-16(24)23(2)18-6-8-20(9-7-18)27-21-5-3-4-19(14-21)26-22-15-17-10-12-25-13-11-17/h3-9,14-15,22H,10-13H2,1-2H3. The van der Waals surface area contributed by atoms with E-state index in [2.05, 4.69) is 5.48 Å². The van der Waals surface area contributed by atoms with Gasteiger partial charge in [0.25, 0.3) is 0 Å². The van der Waals surface area contributed by atoms with Crippen LogP contribution in [0, 0.1) is 0 Å². The van der Waals surface area contributed by atoms with Gasteiger partial charge in [0.05, 0.1) is 13.2 Å². The minimum absolute atomic E-state index is 0.0171. The quantitative estimate of drug-likeness (QED) is 0.748. The number of carbonyl (C=O) groups excluding carboxylic acids is 1.